The Morgan fingerprint density at radius 1 is 1.46 bits per heavy atom. The molecule has 0 unspecified atom stereocenters. The number of nitrogens with two attached hydrogens (primary N) is 1. The average Bonchev–Trinajstić information content (AvgIpc) is 2.16. The molecular weight excluding hydrogens is 164 g/mol. The molecule has 0 aliphatic carbocycles. The van der Waals surface area contributed by atoms with Crippen molar-refractivity contribution in [2.45, 2.75) is 27.2 Å². The first-order chi connectivity index (χ1) is 6.29. The van der Waals surface area contributed by atoms with E-state index in [0.29, 0.717) is 12.5 Å². The number of allylic oxidation sites excluding steroid dienone is 1. The maximum atomic E-state index is 5.36. The van der Waals surface area contributed by atoms with E-state index in [2.05, 4.69) is 11.9 Å². The van der Waals surface area contributed by atoms with Crippen LogP contribution >= 0.6 is 0 Å². The first-order valence-electron chi connectivity index (χ1n) is 4.53. The molecule has 0 spiro atoms. The number of hydrogen-bond donors (Lipinski definition) is 1. The Hall–Kier alpha value is -1.25. The zero-order chi connectivity index (χ0) is 10.1. The van der Waals surface area contributed by atoms with Gasteiger partial charge in [-0.1, -0.05) is 13.0 Å². The molecule has 0 aliphatic rings. The van der Waals surface area contributed by atoms with Gasteiger partial charge in [-0.05, 0) is 20.3 Å². The van der Waals surface area contributed by atoms with Crippen LogP contribution in [0.3, 0.4) is 0 Å². The van der Waals surface area contributed by atoms with E-state index >= 15 is 0 Å². The van der Waals surface area contributed by atoms with Crippen molar-refractivity contribution in [3.63, 3.8) is 0 Å². The van der Waals surface area contributed by atoms with Crippen LogP contribution in [0.5, 0.6) is 0 Å². The van der Waals surface area contributed by atoms with Crippen LogP contribution in [-0.2, 0) is 4.74 Å². The quantitative estimate of drug-likeness (QED) is 0.535. The van der Waals surface area contributed by atoms with Crippen molar-refractivity contribution in [2.75, 3.05) is 6.61 Å². The Morgan fingerprint density at radius 2 is 2.15 bits per heavy atom. The third-order valence-corrected chi connectivity index (χ3v) is 1.56. The molecule has 0 heterocycles. The lowest BCUT2D eigenvalue weighted by atomic mass is 10.2. The van der Waals surface area contributed by atoms with Crippen LogP contribution in [0.1, 0.15) is 27.2 Å². The van der Waals surface area contributed by atoms with E-state index in [1.165, 1.54) is 12.4 Å². The van der Waals surface area contributed by atoms with Gasteiger partial charge in [0, 0.05) is 18.0 Å². The fourth-order valence-corrected chi connectivity index (χ4v) is 0.939. The van der Waals surface area contributed by atoms with Gasteiger partial charge in [-0.2, -0.15) is 0 Å². The summed E-state index contributed by atoms with van der Waals surface area (Å²) >= 11 is 0. The molecule has 0 saturated carbocycles. The summed E-state index contributed by atoms with van der Waals surface area (Å²) in [4.78, 5) is 4.09. The molecule has 0 aromatic carbocycles. The summed E-state index contributed by atoms with van der Waals surface area (Å²) in [5.74, 6) is 0.661. The van der Waals surface area contributed by atoms with Gasteiger partial charge in [0.05, 0.1) is 6.61 Å². The van der Waals surface area contributed by atoms with E-state index in [-0.39, 0.29) is 0 Å². The highest BCUT2D eigenvalue weighted by molar-refractivity contribution is 5.93. The van der Waals surface area contributed by atoms with E-state index in [4.69, 9.17) is 10.5 Å². The summed E-state index contributed by atoms with van der Waals surface area (Å²) in [6.07, 6.45) is 5.83. The van der Waals surface area contributed by atoms with E-state index in [9.17, 15) is 0 Å². The third kappa shape index (κ3) is 4.35. The largest absolute Gasteiger partial charge is 0.478 e. The van der Waals surface area contributed by atoms with Crippen LogP contribution in [0, 0.1) is 0 Å². The topological polar surface area (TPSA) is 47.6 Å². The maximum absolute atomic E-state index is 5.36. The van der Waals surface area contributed by atoms with Crippen LogP contribution in [0.4, 0.5) is 0 Å². The molecule has 0 radical (unpaired) electrons. The summed E-state index contributed by atoms with van der Waals surface area (Å²) in [7, 11) is 0. The first kappa shape index (κ1) is 11.8. The van der Waals surface area contributed by atoms with Gasteiger partial charge in [-0.15, -0.1) is 0 Å². The molecule has 0 atom stereocenters. The summed E-state index contributed by atoms with van der Waals surface area (Å²) in [5.41, 5.74) is 6.29. The van der Waals surface area contributed by atoms with Crippen molar-refractivity contribution in [3.8, 4) is 0 Å². The highest BCUT2D eigenvalue weighted by Crippen LogP contribution is 2.05. The van der Waals surface area contributed by atoms with Crippen molar-refractivity contribution in [3.05, 3.63) is 24.0 Å². The Bertz CT molecular complexity index is 217. The Labute approximate surface area is 80.0 Å². The molecule has 0 fully saturated rings. The molecule has 3 heteroatoms. The number of aliphatic imine (C=N–C) groups is 1. The van der Waals surface area contributed by atoms with Crippen LogP contribution < -0.4 is 5.73 Å². The molecule has 0 aliphatic heterocycles. The minimum Gasteiger partial charge on any atom is -0.478 e. The van der Waals surface area contributed by atoms with Gasteiger partial charge >= 0.3 is 0 Å². The van der Waals surface area contributed by atoms with Gasteiger partial charge in [0.15, 0.2) is 0 Å². The van der Waals surface area contributed by atoms with Crippen molar-refractivity contribution in [1.82, 2.24) is 0 Å². The van der Waals surface area contributed by atoms with Gasteiger partial charge in [0.1, 0.15) is 0 Å². The number of hydrogen-bond acceptors (Lipinski definition) is 3. The monoisotopic (exact) mass is 182 g/mol. The molecule has 0 aromatic heterocycles. The SMILES string of the molecule is C\C=C(CC)/C(=N/C=C\N)OCC. The van der Waals surface area contributed by atoms with E-state index in [1.807, 2.05) is 19.9 Å². The summed E-state index contributed by atoms with van der Waals surface area (Å²) in [6, 6.07) is 0. The average molecular weight is 182 g/mol. The van der Waals surface area contributed by atoms with Crippen molar-refractivity contribution in [2.24, 2.45) is 10.7 Å². The molecule has 3 nitrogen and oxygen atoms in total. The third-order valence-electron chi connectivity index (χ3n) is 1.56. The van der Waals surface area contributed by atoms with E-state index in [1.54, 1.807) is 0 Å². The van der Waals surface area contributed by atoms with Crippen LogP contribution in [0.2, 0.25) is 0 Å². The minimum atomic E-state index is 0.620. The molecule has 0 saturated heterocycles. The first-order valence-corrected chi connectivity index (χ1v) is 4.53. The second-order valence-electron chi connectivity index (χ2n) is 2.38. The van der Waals surface area contributed by atoms with Gasteiger partial charge in [-0.3, -0.25) is 0 Å². The van der Waals surface area contributed by atoms with Gasteiger partial charge in [0.25, 0.3) is 0 Å². The van der Waals surface area contributed by atoms with Gasteiger partial charge in [-0.25, -0.2) is 4.99 Å². The second-order valence-corrected chi connectivity index (χ2v) is 2.38. The molecule has 0 amide bonds. The minimum absolute atomic E-state index is 0.620. The Balaban J connectivity index is 4.57. The smallest absolute Gasteiger partial charge is 0.216 e. The van der Waals surface area contributed by atoms with Crippen LogP contribution in [-0.4, -0.2) is 12.5 Å². The standard InChI is InChI=1S/C10H18N2O/c1-4-9(5-2)10(13-6-3)12-8-7-11/h4,7-8H,5-6,11H2,1-3H3/b8-7-,9-4-,12-10-. The van der Waals surface area contributed by atoms with E-state index in [0.717, 1.165) is 12.0 Å². The van der Waals surface area contributed by atoms with Crippen molar-refractivity contribution < 1.29 is 4.74 Å². The molecule has 2 N–H and O–H groups in total. The molecule has 0 bridgehead atoms. The predicted octanol–water partition coefficient (Wildman–Crippen LogP) is 2.21. The molecule has 0 rings (SSSR count). The zero-order valence-electron chi connectivity index (χ0n) is 8.58. The van der Waals surface area contributed by atoms with Crippen molar-refractivity contribution >= 4 is 5.90 Å². The highest BCUT2D eigenvalue weighted by atomic mass is 16.5. The van der Waals surface area contributed by atoms with Crippen LogP contribution in [0.15, 0.2) is 29.0 Å². The number of ether oxygens (including phenoxy) is 1. The normalized spacial score (nSPS) is 13.8. The number of nitrogens with zero attached hydrogens (tertiary/aromatic N) is 1. The zero-order valence-corrected chi connectivity index (χ0v) is 8.58. The second kappa shape index (κ2) is 7.40. The Kier molecular flexibility index (Phi) is 6.69. The van der Waals surface area contributed by atoms with Gasteiger partial charge in [0.2, 0.25) is 5.90 Å². The Morgan fingerprint density at radius 3 is 2.54 bits per heavy atom. The maximum Gasteiger partial charge on any atom is 0.216 e. The summed E-state index contributed by atoms with van der Waals surface area (Å²) < 4.78 is 5.36. The van der Waals surface area contributed by atoms with E-state index < -0.39 is 0 Å². The molecule has 13 heavy (non-hydrogen) atoms. The van der Waals surface area contributed by atoms with Gasteiger partial charge < -0.3 is 10.5 Å². The van der Waals surface area contributed by atoms with Crippen molar-refractivity contribution in [1.29, 1.82) is 0 Å². The highest BCUT2D eigenvalue weighted by Gasteiger charge is 2.02. The lowest BCUT2D eigenvalue weighted by Gasteiger charge is -2.07. The summed E-state index contributed by atoms with van der Waals surface area (Å²) in [6.45, 7) is 6.59. The summed E-state index contributed by atoms with van der Waals surface area (Å²) in [5, 5.41) is 0. The lowest BCUT2D eigenvalue weighted by Crippen LogP contribution is -2.07. The lowest BCUT2D eigenvalue weighted by molar-refractivity contribution is 0.327. The molecule has 74 valence electrons. The van der Waals surface area contributed by atoms with Crippen LogP contribution in [0.25, 0.3) is 0 Å². The fraction of sp³-hybridized carbons (Fsp3) is 0.500. The predicted molar refractivity (Wildman–Crippen MR) is 56.4 cm³/mol. The molecule has 0 aromatic rings. The fourth-order valence-electron chi connectivity index (χ4n) is 0.939. The number of rotatable bonds is 4. The molecular formula is C10H18N2O.